The van der Waals surface area contributed by atoms with Crippen molar-refractivity contribution in [3.8, 4) is 5.75 Å². The molecule has 0 fully saturated rings. The number of nitrogens with two attached hydrogens (primary N) is 1. The SMILES string of the molecule is COc1cc(C)c(C(C)(C)CNC(N)=O)c(C)c1C. The van der Waals surface area contributed by atoms with Gasteiger partial charge in [0.15, 0.2) is 0 Å². The topological polar surface area (TPSA) is 64.3 Å². The summed E-state index contributed by atoms with van der Waals surface area (Å²) < 4.78 is 5.38. The molecule has 1 rings (SSSR count). The van der Waals surface area contributed by atoms with Crippen LogP contribution in [0.25, 0.3) is 0 Å². The van der Waals surface area contributed by atoms with E-state index < -0.39 is 6.03 Å². The van der Waals surface area contributed by atoms with Gasteiger partial charge in [0.2, 0.25) is 0 Å². The molecule has 0 radical (unpaired) electrons. The maximum absolute atomic E-state index is 10.9. The van der Waals surface area contributed by atoms with Crippen LogP contribution in [0.2, 0.25) is 0 Å². The molecular formula is C15H24N2O2. The van der Waals surface area contributed by atoms with Crippen molar-refractivity contribution in [2.75, 3.05) is 13.7 Å². The second-order valence-electron chi connectivity index (χ2n) is 5.62. The first-order valence-corrected chi connectivity index (χ1v) is 6.39. The Bertz CT molecular complexity index is 493. The van der Waals surface area contributed by atoms with E-state index in [0.717, 1.165) is 16.9 Å². The zero-order chi connectivity index (χ0) is 14.8. The van der Waals surface area contributed by atoms with Gasteiger partial charge < -0.3 is 15.8 Å². The van der Waals surface area contributed by atoms with Crippen LogP contribution in [0.15, 0.2) is 6.07 Å². The Labute approximate surface area is 115 Å². The molecule has 0 atom stereocenters. The molecule has 0 aliphatic heterocycles. The van der Waals surface area contributed by atoms with E-state index in [4.69, 9.17) is 10.5 Å². The summed E-state index contributed by atoms with van der Waals surface area (Å²) >= 11 is 0. The number of methoxy groups -OCH3 is 1. The molecule has 106 valence electrons. The van der Waals surface area contributed by atoms with Crippen molar-refractivity contribution < 1.29 is 9.53 Å². The number of urea groups is 1. The van der Waals surface area contributed by atoms with Crippen LogP contribution in [0.4, 0.5) is 4.79 Å². The average molecular weight is 264 g/mol. The van der Waals surface area contributed by atoms with Crippen LogP contribution in [0, 0.1) is 20.8 Å². The number of aryl methyl sites for hydroxylation is 1. The highest BCUT2D eigenvalue weighted by Crippen LogP contribution is 2.35. The first kappa shape index (κ1) is 15.3. The molecule has 19 heavy (non-hydrogen) atoms. The van der Waals surface area contributed by atoms with Crippen molar-refractivity contribution in [2.24, 2.45) is 5.73 Å². The van der Waals surface area contributed by atoms with Crippen molar-refractivity contribution in [2.45, 2.75) is 40.0 Å². The molecular weight excluding hydrogens is 240 g/mol. The predicted molar refractivity (Wildman–Crippen MR) is 77.8 cm³/mol. The van der Waals surface area contributed by atoms with Gasteiger partial charge in [0.1, 0.15) is 5.75 Å². The van der Waals surface area contributed by atoms with Gasteiger partial charge in [0, 0.05) is 12.0 Å². The Balaban J connectivity index is 3.26. The number of rotatable bonds is 4. The summed E-state index contributed by atoms with van der Waals surface area (Å²) in [5, 5.41) is 2.69. The van der Waals surface area contributed by atoms with Gasteiger partial charge in [0.05, 0.1) is 7.11 Å². The molecule has 0 saturated heterocycles. The maximum Gasteiger partial charge on any atom is 0.312 e. The molecule has 1 aromatic carbocycles. The molecule has 0 bridgehead atoms. The third-order valence-electron chi connectivity index (χ3n) is 3.65. The lowest BCUT2D eigenvalue weighted by atomic mass is 9.78. The van der Waals surface area contributed by atoms with Gasteiger partial charge in [0.25, 0.3) is 0 Å². The van der Waals surface area contributed by atoms with E-state index in [-0.39, 0.29) is 5.41 Å². The summed E-state index contributed by atoms with van der Waals surface area (Å²) in [6.07, 6.45) is 0. The first-order valence-electron chi connectivity index (χ1n) is 6.39. The largest absolute Gasteiger partial charge is 0.496 e. The zero-order valence-electron chi connectivity index (χ0n) is 12.7. The summed E-state index contributed by atoms with van der Waals surface area (Å²) in [6, 6.07) is 1.55. The number of hydrogen-bond donors (Lipinski definition) is 2. The van der Waals surface area contributed by atoms with Gasteiger partial charge in [-0.25, -0.2) is 4.79 Å². The van der Waals surface area contributed by atoms with Gasteiger partial charge in [-0.2, -0.15) is 0 Å². The third kappa shape index (κ3) is 3.19. The normalized spacial score (nSPS) is 11.3. The fourth-order valence-corrected chi connectivity index (χ4v) is 2.69. The molecule has 3 N–H and O–H groups in total. The Morgan fingerprint density at radius 3 is 2.37 bits per heavy atom. The number of benzene rings is 1. The third-order valence-corrected chi connectivity index (χ3v) is 3.65. The summed E-state index contributed by atoms with van der Waals surface area (Å²) in [7, 11) is 1.68. The van der Waals surface area contributed by atoms with E-state index in [1.54, 1.807) is 7.11 Å². The smallest absolute Gasteiger partial charge is 0.312 e. The Morgan fingerprint density at radius 1 is 1.32 bits per heavy atom. The molecule has 0 aliphatic rings. The maximum atomic E-state index is 10.9. The van der Waals surface area contributed by atoms with Gasteiger partial charge in [-0.1, -0.05) is 13.8 Å². The molecule has 0 spiro atoms. The molecule has 0 unspecified atom stereocenters. The van der Waals surface area contributed by atoms with Crippen LogP contribution in [-0.4, -0.2) is 19.7 Å². The fraction of sp³-hybridized carbons (Fsp3) is 0.533. The number of primary amides is 1. The zero-order valence-corrected chi connectivity index (χ0v) is 12.7. The number of amides is 2. The van der Waals surface area contributed by atoms with Crippen LogP contribution >= 0.6 is 0 Å². The molecule has 0 aliphatic carbocycles. The van der Waals surface area contributed by atoms with Gasteiger partial charge in [-0.15, -0.1) is 0 Å². The minimum absolute atomic E-state index is 0.180. The summed E-state index contributed by atoms with van der Waals surface area (Å²) in [4.78, 5) is 10.9. The van der Waals surface area contributed by atoms with E-state index in [0.29, 0.717) is 6.54 Å². The number of carbonyl (C=O) groups is 1. The lowest BCUT2D eigenvalue weighted by Gasteiger charge is -2.30. The summed E-state index contributed by atoms with van der Waals surface area (Å²) in [6.45, 7) is 10.9. The standard InChI is InChI=1S/C15H24N2O2/c1-9-7-12(19-6)10(2)11(3)13(9)15(4,5)8-17-14(16)18/h7H,8H2,1-6H3,(H3,16,17,18). The van der Waals surface area contributed by atoms with Crippen molar-refractivity contribution in [3.05, 3.63) is 28.3 Å². The second kappa shape index (κ2) is 5.51. The molecule has 0 heterocycles. The molecule has 4 heteroatoms. The fourth-order valence-electron chi connectivity index (χ4n) is 2.69. The monoisotopic (exact) mass is 264 g/mol. The van der Waals surface area contributed by atoms with E-state index in [1.807, 2.05) is 6.07 Å². The van der Waals surface area contributed by atoms with Crippen LogP contribution in [0.1, 0.15) is 36.1 Å². The quantitative estimate of drug-likeness (QED) is 0.877. The van der Waals surface area contributed by atoms with Crippen LogP contribution in [0.5, 0.6) is 5.75 Å². The van der Waals surface area contributed by atoms with E-state index >= 15 is 0 Å². The lowest BCUT2D eigenvalue weighted by molar-refractivity contribution is 0.246. The van der Waals surface area contributed by atoms with E-state index in [9.17, 15) is 4.79 Å². The average Bonchev–Trinajstić information content (AvgIpc) is 2.31. The van der Waals surface area contributed by atoms with Crippen LogP contribution in [-0.2, 0) is 5.41 Å². The van der Waals surface area contributed by atoms with E-state index in [1.165, 1.54) is 11.1 Å². The highest BCUT2D eigenvalue weighted by molar-refractivity contribution is 5.71. The Morgan fingerprint density at radius 2 is 1.89 bits per heavy atom. The summed E-state index contributed by atoms with van der Waals surface area (Å²) in [5.41, 5.74) is 9.71. The molecule has 2 amide bonds. The van der Waals surface area contributed by atoms with Crippen LogP contribution < -0.4 is 15.8 Å². The highest BCUT2D eigenvalue weighted by atomic mass is 16.5. The Kier molecular flexibility index (Phi) is 4.45. The number of carbonyl (C=O) groups excluding carboxylic acids is 1. The Hall–Kier alpha value is -1.71. The number of nitrogens with one attached hydrogen (secondary N) is 1. The lowest BCUT2D eigenvalue weighted by Crippen LogP contribution is -2.40. The van der Waals surface area contributed by atoms with Gasteiger partial charge in [-0.05, 0) is 49.1 Å². The minimum atomic E-state index is -0.492. The number of ether oxygens (including phenoxy) is 1. The van der Waals surface area contributed by atoms with Crippen molar-refractivity contribution in [1.82, 2.24) is 5.32 Å². The predicted octanol–water partition coefficient (Wildman–Crippen LogP) is 2.57. The van der Waals surface area contributed by atoms with Crippen molar-refractivity contribution in [1.29, 1.82) is 0 Å². The van der Waals surface area contributed by atoms with E-state index in [2.05, 4.69) is 39.9 Å². The molecule has 0 aromatic heterocycles. The number of hydrogen-bond acceptors (Lipinski definition) is 2. The van der Waals surface area contributed by atoms with Crippen LogP contribution in [0.3, 0.4) is 0 Å². The van der Waals surface area contributed by atoms with Crippen molar-refractivity contribution in [3.63, 3.8) is 0 Å². The molecule has 1 aromatic rings. The van der Waals surface area contributed by atoms with Gasteiger partial charge >= 0.3 is 6.03 Å². The summed E-state index contributed by atoms with van der Waals surface area (Å²) in [5.74, 6) is 0.900. The molecule has 4 nitrogen and oxygen atoms in total. The minimum Gasteiger partial charge on any atom is -0.496 e. The van der Waals surface area contributed by atoms with Gasteiger partial charge in [-0.3, -0.25) is 0 Å². The second-order valence-corrected chi connectivity index (χ2v) is 5.62. The van der Waals surface area contributed by atoms with Crippen molar-refractivity contribution >= 4 is 6.03 Å². The first-order chi connectivity index (χ1) is 8.70. The molecule has 0 saturated carbocycles. The highest BCUT2D eigenvalue weighted by Gasteiger charge is 2.26.